The zero-order valence-corrected chi connectivity index (χ0v) is 16.3. The van der Waals surface area contributed by atoms with E-state index in [9.17, 15) is 9.90 Å². The molecule has 1 aromatic carbocycles. The van der Waals surface area contributed by atoms with Gasteiger partial charge in [-0.2, -0.15) is 0 Å². The van der Waals surface area contributed by atoms with Crippen LogP contribution < -0.4 is 0 Å². The van der Waals surface area contributed by atoms with Crippen LogP contribution in [0, 0.1) is 0 Å². The zero-order chi connectivity index (χ0) is 18.7. The van der Waals surface area contributed by atoms with Crippen molar-refractivity contribution in [2.24, 2.45) is 0 Å². The van der Waals surface area contributed by atoms with Gasteiger partial charge in [0.25, 0.3) is 0 Å². The normalized spacial score (nSPS) is 23.8. The van der Waals surface area contributed by atoms with E-state index >= 15 is 0 Å². The number of piperidine rings is 1. The Morgan fingerprint density at radius 2 is 2.00 bits per heavy atom. The Balaban J connectivity index is 1.98. The molecular formula is C21H32N2O3. The summed E-state index contributed by atoms with van der Waals surface area (Å²) in [5.74, 6) is -0.796. The molecule has 0 spiro atoms. The van der Waals surface area contributed by atoms with Gasteiger partial charge in [0.1, 0.15) is 0 Å². The summed E-state index contributed by atoms with van der Waals surface area (Å²) in [4.78, 5) is 16.4. The predicted octanol–water partition coefficient (Wildman–Crippen LogP) is 3.32. The molecular weight excluding hydrogens is 328 g/mol. The van der Waals surface area contributed by atoms with Gasteiger partial charge in [-0.25, -0.2) is 4.79 Å². The molecule has 1 N–H and O–H groups in total. The first-order valence-electron chi connectivity index (χ1n) is 9.89. The molecule has 2 aliphatic rings. The Bertz CT molecular complexity index is 644. The molecule has 5 nitrogen and oxygen atoms in total. The minimum absolute atomic E-state index is 0.293. The fraction of sp³-hybridized carbons (Fsp3) is 0.667. The number of ether oxygens (including phenoxy) is 1. The lowest BCUT2D eigenvalue weighted by Crippen LogP contribution is -2.44. The van der Waals surface area contributed by atoms with Crippen LogP contribution in [0.4, 0.5) is 0 Å². The van der Waals surface area contributed by atoms with Crippen LogP contribution in [0.15, 0.2) is 12.1 Å². The number of carboxylic acids is 1. The summed E-state index contributed by atoms with van der Waals surface area (Å²) in [7, 11) is 4.21. The second-order valence-corrected chi connectivity index (χ2v) is 7.82. The van der Waals surface area contributed by atoms with Gasteiger partial charge in [-0.05, 0) is 82.3 Å². The highest BCUT2D eigenvalue weighted by Gasteiger charge is 2.33. The van der Waals surface area contributed by atoms with E-state index in [1.807, 2.05) is 6.07 Å². The van der Waals surface area contributed by atoms with E-state index < -0.39 is 5.97 Å². The Kier molecular flexibility index (Phi) is 6.33. The van der Waals surface area contributed by atoms with Crippen molar-refractivity contribution in [2.45, 2.75) is 57.6 Å². The number of carboxylic acid groups (broad SMARTS) is 1. The van der Waals surface area contributed by atoms with Gasteiger partial charge in [0.05, 0.1) is 18.3 Å². The van der Waals surface area contributed by atoms with Crippen molar-refractivity contribution in [3.63, 3.8) is 0 Å². The van der Waals surface area contributed by atoms with E-state index in [0.29, 0.717) is 17.7 Å². The minimum Gasteiger partial charge on any atom is -0.478 e. The van der Waals surface area contributed by atoms with Gasteiger partial charge in [0.2, 0.25) is 0 Å². The van der Waals surface area contributed by atoms with E-state index in [4.69, 9.17) is 4.74 Å². The van der Waals surface area contributed by atoms with Crippen LogP contribution in [0.1, 0.15) is 65.7 Å². The van der Waals surface area contributed by atoms with Gasteiger partial charge < -0.3 is 9.84 Å². The second kappa shape index (κ2) is 8.51. The Morgan fingerprint density at radius 1 is 1.27 bits per heavy atom. The molecule has 1 aromatic rings. The Hall–Kier alpha value is -1.43. The molecule has 0 unspecified atom stereocenters. The number of aromatic carboxylic acids is 1. The highest BCUT2D eigenvalue weighted by molar-refractivity contribution is 5.90. The molecule has 1 aliphatic heterocycles. The summed E-state index contributed by atoms with van der Waals surface area (Å²) >= 11 is 0. The molecule has 26 heavy (non-hydrogen) atoms. The molecule has 0 saturated carbocycles. The van der Waals surface area contributed by atoms with E-state index in [-0.39, 0.29) is 0 Å². The number of hydrogen-bond acceptors (Lipinski definition) is 4. The monoisotopic (exact) mass is 360 g/mol. The third kappa shape index (κ3) is 4.11. The van der Waals surface area contributed by atoms with Crippen LogP contribution in [0.5, 0.6) is 0 Å². The quantitative estimate of drug-likeness (QED) is 0.843. The fourth-order valence-electron chi connectivity index (χ4n) is 4.63. The number of nitrogens with zero attached hydrogens (tertiary/aromatic N) is 2. The molecule has 5 heteroatoms. The summed E-state index contributed by atoms with van der Waals surface area (Å²) < 4.78 is 5.96. The first-order chi connectivity index (χ1) is 12.5. The summed E-state index contributed by atoms with van der Waals surface area (Å²) in [6.45, 7) is 4.74. The van der Waals surface area contributed by atoms with Crippen LogP contribution in [-0.2, 0) is 17.6 Å². The molecule has 0 radical (unpaired) electrons. The van der Waals surface area contributed by atoms with Crippen molar-refractivity contribution < 1.29 is 14.6 Å². The predicted molar refractivity (Wildman–Crippen MR) is 103 cm³/mol. The largest absolute Gasteiger partial charge is 0.478 e. The number of fused-ring (bicyclic) bond motifs is 1. The van der Waals surface area contributed by atoms with Gasteiger partial charge in [-0.3, -0.25) is 9.80 Å². The molecule has 2 atom stereocenters. The average molecular weight is 360 g/mol. The second-order valence-electron chi connectivity index (χ2n) is 7.82. The van der Waals surface area contributed by atoms with Crippen LogP contribution in [-0.4, -0.2) is 60.9 Å². The molecule has 0 aromatic heterocycles. The van der Waals surface area contributed by atoms with Crippen molar-refractivity contribution in [3.05, 3.63) is 34.4 Å². The van der Waals surface area contributed by atoms with E-state index in [1.165, 1.54) is 11.1 Å². The topological polar surface area (TPSA) is 53.0 Å². The molecule has 0 amide bonds. The maximum absolute atomic E-state index is 11.7. The molecule has 1 aliphatic carbocycles. The van der Waals surface area contributed by atoms with Crippen LogP contribution >= 0.6 is 0 Å². The van der Waals surface area contributed by atoms with Gasteiger partial charge in [-0.1, -0.05) is 6.07 Å². The van der Waals surface area contributed by atoms with Crippen LogP contribution in [0.2, 0.25) is 0 Å². The Morgan fingerprint density at radius 3 is 2.65 bits per heavy atom. The first-order valence-corrected chi connectivity index (χ1v) is 9.89. The zero-order valence-electron chi connectivity index (χ0n) is 16.3. The van der Waals surface area contributed by atoms with E-state index in [2.05, 4.69) is 36.9 Å². The van der Waals surface area contributed by atoms with Crippen LogP contribution in [0.3, 0.4) is 0 Å². The lowest BCUT2D eigenvalue weighted by atomic mass is 9.81. The van der Waals surface area contributed by atoms with Gasteiger partial charge in [0, 0.05) is 19.2 Å². The summed E-state index contributed by atoms with van der Waals surface area (Å²) in [5, 5.41) is 9.59. The van der Waals surface area contributed by atoms with Crippen molar-refractivity contribution in [3.8, 4) is 0 Å². The van der Waals surface area contributed by atoms with Crippen molar-refractivity contribution >= 4 is 5.97 Å². The number of likely N-dealkylation sites (tertiary alicyclic amines) is 1. The van der Waals surface area contributed by atoms with Crippen molar-refractivity contribution in [2.75, 3.05) is 33.9 Å². The standard InChI is InChI=1S/C21H32N2O3/c1-4-26-15-11-12-23(14-22(2)3)20(13-15)18-9-10-19(21(24)25)17-8-6-5-7-16(17)18/h9-10,15,20H,4-8,11-14H2,1-3H3,(H,24,25)/t15-,20-/m0/s1. The molecule has 3 rings (SSSR count). The smallest absolute Gasteiger partial charge is 0.335 e. The summed E-state index contributed by atoms with van der Waals surface area (Å²) in [6.07, 6.45) is 6.47. The number of carbonyl (C=O) groups is 1. The van der Waals surface area contributed by atoms with E-state index in [0.717, 1.165) is 63.9 Å². The van der Waals surface area contributed by atoms with E-state index in [1.54, 1.807) is 0 Å². The summed E-state index contributed by atoms with van der Waals surface area (Å²) in [6, 6.07) is 4.22. The highest BCUT2D eigenvalue weighted by atomic mass is 16.5. The molecule has 1 heterocycles. The highest BCUT2D eigenvalue weighted by Crippen LogP contribution is 2.38. The van der Waals surface area contributed by atoms with Crippen molar-refractivity contribution in [1.29, 1.82) is 0 Å². The number of benzene rings is 1. The average Bonchev–Trinajstić information content (AvgIpc) is 2.62. The maximum Gasteiger partial charge on any atom is 0.335 e. The molecule has 144 valence electrons. The van der Waals surface area contributed by atoms with Gasteiger partial charge in [-0.15, -0.1) is 0 Å². The lowest BCUT2D eigenvalue weighted by Gasteiger charge is -2.42. The minimum atomic E-state index is -0.796. The molecule has 0 bridgehead atoms. The number of rotatable bonds is 6. The molecule has 1 fully saturated rings. The Labute approximate surface area is 156 Å². The van der Waals surface area contributed by atoms with Gasteiger partial charge in [0.15, 0.2) is 0 Å². The van der Waals surface area contributed by atoms with Gasteiger partial charge >= 0.3 is 5.97 Å². The fourth-order valence-corrected chi connectivity index (χ4v) is 4.63. The summed E-state index contributed by atoms with van der Waals surface area (Å²) in [5.41, 5.74) is 4.20. The third-order valence-corrected chi connectivity index (χ3v) is 5.69. The lowest BCUT2D eigenvalue weighted by molar-refractivity contribution is -0.0231. The maximum atomic E-state index is 11.7. The first kappa shape index (κ1) is 19.3. The third-order valence-electron chi connectivity index (χ3n) is 5.69. The SMILES string of the molecule is CCO[C@H]1CCN(CN(C)C)[C@H](c2ccc(C(=O)O)c3c2CCCC3)C1. The van der Waals surface area contributed by atoms with Crippen LogP contribution in [0.25, 0.3) is 0 Å². The number of hydrogen-bond donors (Lipinski definition) is 1. The molecule has 1 saturated heterocycles. The van der Waals surface area contributed by atoms with Crippen molar-refractivity contribution in [1.82, 2.24) is 9.80 Å².